The average molecular weight is 283 g/mol. The summed E-state index contributed by atoms with van der Waals surface area (Å²) in [5.74, 6) is -0.299. The van der Waals surface area contributed by atoms with Gasteiger partial charge in [-0.05, 0) is 20.0 Å². The highest BCUT2D eigenvalue weighted by Gasteiger charge is 2.04. The number of likely N-dealkylation sites (N-methyl/N-ethyl adjacent to an activating group) is 1. The van der Waals surface area contributed by atoms with Gasteiger partial charge in [0.1, 0.15) is 6.61 Å². The molecule has 0 saturated carbocycles. The molecule has 0 fully saturated rings. The molecule has 0 aliphatic carbocycles. The lowest BCUT2D eigenvalue weighted by molar-refractivity contribution is -0.139. The SMILES string of the molecule is C=C(C)C(=O)OCCN(CC)CC.O=P(O)(O)O. The summed E-state index contributed by atoms with van der Waals surface area (Å²) in [6.07, 6.45) is 0. The van der Waals surface area contributed by atoms with Crippen molar-refractivity contribution in [1.29, 1.82) is 0 Å². The van der Waals surface area contributed by atoms with Crippen LogP contribution < -0.4 is 0 Å². The molecule has 108 valence electrons. The maximum atomic E-state index is 11.0. The third-order valence-electron chi connectivity index (χ3n) is 1.88. The summed E-state index contributed by atoms with van der Waals surface area (Å²) in [6, 6.07) is 0. The molecule has 0 aromatic heterocycles. The zero-order chi connectivity index (χ0) is 14.8. The summed E-state index contributed by atoms with van der Waals surface area (Å²) in [7, 11) is -4.64. The Kier molecular flexibility index (Phi) is 11.1. The van der Waals surface area contributed by atoms with Gasteiger partial charge < -0.3 is 24.3 Å². The molecule has 7 nitrogen and oxygen atoms in total. The van der Waals surface area contributed by atoms with Crippen molar-refractivity contribution < 1.29 is 28.8 Å². The van der Waals surface area contributed by atoms with Crippen molar-refractivity contribution in [3.05, 3.63) is 12.2 Å². The number of rotatable bonds is 6. The van der Waals surface area contributed by atoms with Gasteiger partial charge in [-0.25, -0.2) is 9.36 Å². The van der Waals surface area contributed by atoms with Crippen LogP contribution in [0.25, 0.3) is 0 Å². The lowest BCUT2D eigenvalue weighted by atomic mass is 10.4. The molecule has 18 heavy (non-hydrogen) atoms. The number of phosphoric acid groups is 1. The quantitative estimate of drug-likeness (QED) is 0.370. The minimum Gasteiger partial charge on any atom is -0.461 e. The van der Waals surface area contributed by atoms with E-state index < -0.39 is 7.82 Å². The molecule has 8 heteroatoms. The summed E-state index contributed by atoms with van der Waals surface area (Å²) in [6.45, 7) is 12.6. The molecular weight excluding hydrogens is 261 g/mol. The number of nitrogens with zero attached hydrogens (tertiary/aromatic N) is 1. The fourth-order valence-corrected chi connectivity index (χ4v) is 0.930. The molecule has 0 spiro atoms. The first-order valence-electron chi connectivity index (χ1n) is 5.45. The van der Waals surface area contributed by atoms with Crippen LogP contribution in [-0.4, -0.2) is 51.8 Å². The fraction of sp³-hybridized carbons (Fsp3) is 0.700. The molecule has 3 N–H and O–H groups in total. The number of hydrogen-bond acceptors (Lipinski definition) is 4. The minimum absolute atomic E-state index is 0.299. The molecule has 0 bridgehead atoms. The van der Waals surface area contributed by atoms with E-state index in [0.717, 1.165) is 19.6 Å². The van der Waals surface area contributed by atoms with Crippen LogP contribution in [-0.2, 0) is 14.1 Å². The number of carbonyl (C=O) groups excluding carboxylic acids is 1. The Morgan fingerprint density at radius 3 is 1.94 bits per heavy atom. The number of esters is 1. The van der Waals surface area contributed by atoms with Crippen LogP contribution in [0.5, 0.6) is 0 Å². The van der Waals surface area contributed by atoms with Gasteiger partial charge in [-0.2, -0.15) is 0 Å². The van der Waals surface area contributed by atoms with Crippen LogP contribution in [0.4, 0.5) is 0 Å². The van der Waals surface area contributed by atoms with Crippen LogP contribution in [0, 0.1) is 0 Å². The van der Waals surface area contributed by atoms with Gasteiger partial charge in [-0.3, -0.25) is 0 Å². The lowest BCUT2D eigenvalue weighted by Gasteiger charge is -2.17. The van der Waals surface area contributed by atoms with E-state index in [1.54, 1.807) is 6.92 Å². The molecule has 0 radical (unpaired) electrons. The van der Waals surface area contributed by atoms with Crippen molar-refractivity contribution in [1.82, 2.24) is 4.90 Å². The molecular formula is C10H22NO6P. The molecule has 0 aliphatic rings. The second-order valence-corrected chi connectivity index (χ2v) is 4.48. The molecule has 0 aliphatic heterocycles. The molecule has 0 aromatic carbocycles. The summed E-state index contributed by atoms with van der Waals surface area (Å²) in [5.41, 5.74) is 0.458. The van der Waals surface area contributed by atoms with Crippen molar-refractivity contribution in [3.63, 3.8) is 0 Å². The smallest absolute Gasteiger partial charge is 0.461 e. The van der Waals surface area contributed by atoms with Gasteiger partial charge in [-0.15, -0.1) is 0 Å². The van der Waals surface area contributed by atoms with Gasteiger partial charge in [0.05, 0.1) is 0 Å². The molecule has 0 aromatic rings. The molecule has 0 unspecified atom stereocenters. The van der Waals surface area contributed by atoms with Crippen LogP contribution in [0.1, 0.15) is 20.8 Å². The second-order valence-electron chi connectivity index (χ2n) is 3.46. The Bertz CT molecular complexity index is 288. The third kappa shape index (κ3) is 17.7. The molecule has 0 saturated heterocycles. The van der Waals surface area contributed by atoms with E-state index in [9.17, 15) is 4.79 Å². The standard InChI is InChI=1S/C10H19NO2.H3O4P/c1-5-11(6-2)7-8-13-10(12)9(3)4;1-5(2,3)4/h3,5-8H2,1-2,4H3;(H3,1,2,3,4). The monoisotopic (exact) mass is 283 g/mol. The van der Waals surface area contributed by atoms with E-state index in [4.69, 9.17) is 24.0 Å². The van der Waals surface area contributed by atoms with Crippen molar-refractivity contribution in [2.75, 3.05) is 26.2 Å². The Morgan fingerprint density at radius 1 is 1.28 bits per heavy atom. The first kappa shape index (κ1) is 19.6. The Labute approximate surface area is 107 Å². The van der Waals surface area contributed by atoms with Gasteiger partial charge in [0.15, 0.2) is 0 Å². The predicted molar refractivity (Wildman–Crippen MR) is 67.8 cm³/mol. The molecule has 0 heterocycles. The summed E-state index contributed by atoms with van der Waals surface area (Å²) in [4.78, 5) is 34.7. The summed E-state index contributed by atoms with van der Waals surface area (Å²) >= 11 is 0. The van der Waals surface area contributed by atoms with E-state index >= 15 is 0 Å². The van der Waals surface area contributed by atoms with Crippen LogP contribution in [0.3, 0.4) is 0 Å². The topological polar surface area (TPSA) is 107 Å². The molecule has 0 amide bonds. The predicted octanol–water partition coefficient (Wildman–Crippen LogP) is 0.519. The zero-order valence-electron chi connectivity index (χ0n) is 11.0. The second kappa shape index (κ2) is 10.2. The van der Waals surface area contributed by atoms with Crippen molar-refractivity contribution >= 4 is 13.8 Å². The first-order valence-corrected chi connectivity index (χ1v) is 7.01. The maximum Gasteiger partial charge on any atom is 0.466 e. The van der Waals surface area contributed by atoms with Gasteiger partial charge >= 0.3 is 13.8 Å². The van der Waals surface area contributed by atoms with Gasteiger partial charge in [-0.1, -0.05) is 20.4 Å². The highest BCUT2D eigenvalue weighted by atomic mass is 31.2. The van der Waals surface area contributed by atoms with E-state index in [-0.39, 0.29) is 5.97 Å². The van der Waals surface area contributed by atoms with Crippen LogP contribution in [0.15, 0.2) is 12.2 Å². The van der Waals surface area contributed by atoms with Crippen LogP contribution >= 0.6 is 7.82 Å². The molecule has 0 atom stereocenters. The third-order valence-corrected chi connectivity index (χ3v) is 1.88. The number of ether oxygens (including phenoxy) is 1. The lowest BCUT2D eigenvalue weighted by Crippen LogP contribution is -2.27. The van der Waals surface area contributed by atoms with E-state index in [0.29, 0.717) is 12.2 Å². The minimum atomic E-state index is -4.64. The summed E-state index contributed by atoms with van der Waals surface area (Å²) < 4.78 is 13.8. The van der Waals surface area contributed by atoms with Crippen molar-refractivity contribution in [2.24, 2.45) is 0 Å². The average Bonchev–Trinajstić information content (AvgIpc) is 2.21. The summed E-state index contributed by atoms with van der Waals surface area (Å²) in [5, 5.41) is 0. The van der Waals surface area contributed by atoms with Crippen molar-refractivity contribution in [2.45, 2.75) is 20.8 Å². The normalized spacial score (nSPS) is 10.6. The van der Waals surface area contributed by atoms with E-state index in [1.165, 1.54) is 0 Å². The Balaban J connectivity index is 0. The van der Waals surface area contributed by atoms with Crippen molar-refractivity contribution in [3.8, 4) is 0 Å². The Morgan fingerprint density at radius 2 is 1.67 bits per heavy atom. The van der Waals surface area contributed by atoms with E-state index in [2.05, 4.69) is 25.3 Å². The number of carbonyl (C=O) groups is 1. The Hall–Kier alpha value is -0.720. The number of hydrogen-bond donors (Lipinski definition) is 3. The van der Waals surface area contributed by atoms with E-state index in [1.807, 2.05) is 0 Å². The molecule has 0 rings (SSSR count). The highest BCUT2D eigenvalue weighted by molar-refractivity contribution is 7.45. The van der Waals surface area contributed by atoms with Gasteiger partial charge in [0, 0.05) is 12.1 Å². The zero-order valence-corrected chi connectivity index (χ0v) is 11.9. The largest absolute Gasteiger partial charge is 0.466 e. The maximum absolute atomic E-state index is 11.0. The van der Waals surface area contributed by atoms with Gasteiger partial charge in [0.2, 0.25) is 0 Å². The van der Waals surface area contributed by atoms with Gasteiger partial charge in [0.25, 0.3) is 0 Å². The highest BCUT2D eigenvalue weighted by Crippen LogP contribution is 2.25. The van der Waals surface area contributed by atoms with Crippen LogP contribution in [0.2, 0.25) is 0 Å². The fourth-order valence-electron chi connectivity index (χ4n) is 0.930. The first-order chi connectivity index (χ1) is 8.11.